The molecule has 3 aromatic heterocycles. The lowest BCUT2D eigenvalue weighted by Crippen LogP contribution is -2.57. The summed E-state index contributed by atoms with van der Waals surface area (Å²) >= 11 is 0. The molecule has 4 aromatic carbocycles. The molecule has 5 heterocycles. The van der Waals surface area contributed by atoms with Crippen molar-refractivity contribution in [2.24, 2.45) is 17.3 Å². The number of benzene rings is 4. The Hall–Kier alpha value is -5.80. The molecule has 0 amide bonds. The Kier molecular flexibility index (Phi) is 6.84. The molecule has 2 nitrogen and oxygen atoms in total. The van der Waals surface area contributed by atoms with E-state index in [4.69, 9.17) is 0 Å². The van der Waals surface area contributed by atoms with E-state index < -0.39 is 0 Å². The lowest BCUT2D eigenvalue weighted by atomic mass is 9.28. The van der Waals surface area contributed by atoms with Crippen LogP contribution in [0.3, 0.4) is 0 Å². The summed E-state index contributed by atoms with van der Waals surface area (Å²) in [5.41, 5.74) is 27.3. The van der Waals surface area contributed by atoms with Gasteiger partial charge in [0.25, 0.3) is 0 Å². The van der Waals surface area contributed by atoms with Gasteiger partial charge in [0.2, 0.25) is 6.71 Å². The Bertz CT molecular complexity index is 3250. The molecule has 6 aliphatic rings. The highest BCUT2D eigenvalue weighted by atomic mass is 15.0. The molecule has 3 heteroatoms. The molecule has 4 aliphatic carbocycles. The first-order chi connectivity index (χ1) is 29.0. The molecule has 0 saturated carbocycles. The van der Waals surface area contributed by atoms with E-state index in [1.807, 2.05) is 0 Å². The van der Waals surface area contributed by atoms with E-state index in [1.165, 1.54) is 117 Å². The van der Waals surface area contributed by atoms with Crippen LogP contribution >= 0.6 is 0 Å². The summed E-state index contributed by atoms with van der Waals surface area (Å²) in [7, 11) is 0. The number of pyridine rings is 1. The molecule has 0 fully saturated rings. The van der Waals surface area contributed by atoms with Gasteiger partial charge < -0.3 is 8.97 Å². The van der Waals surface area contributed by atoms with Crippen molar-refractivity contribution in [3.05, 3.63) is 160 Å². The highest BCUT2D eigenvalue weighted by Crippen LogP contribution is 2.56. The number of fused-ring (bicyclic) bond motifs is 11. The van der Waals surface area contributed by atoms with E-state index in [2.05, 4.69) is 185 Å². The fourth-order valence-corrected chi connectivity index (χ4v) is 12.7. The van der Waals surface area contributed by atoms with Crippen molar-refractivity contribution in [2.45, 2.75) is 79.0 Å². The van der Waals surface area contributed by atoms with Gasteiger partial charge in [-0.1, -0.05) is 145 Å². The van der Waals surface area contributed by atoms with Gasteiger partial charge in [0.15, 0.2) is 0 Å². The molecule has 292 valence electrons. The van der Waals surface area contributed by atoms with Crippen molar-refractivity contribution in [2.75, 3.05) is 0 Å². The molecule has 0 spiro atoms. The highest BCUT2D eigenvalue weighted by molar-refractivity contribution is 6.91. The van der Waals surface area contributed by atoms with Gasteiger partial charge in [-0.05, 0) is 128 Å². The van der Waals surface area contributed by atoms with Gasteiger partial charge in [0.05, 0.1) is 11.0 Å². The van der Waals surface area contributed by atoms with Crippen LogP contribution in [0, 0.1) is 17.3 Å². The topological polar surface area (TPSA) is 9.34 Å². The second kappa shape index (κ2) is 11.7. The summed E-state index contributed by atoms with van der Waals surface area (Å²) in [5.74, 6) is 0.966. The first-order valence-corrected chi connectivity index (χ1v) is 22.5. The number of aromatic nitrogens is 2. The van der Waals surface area contributed by atoms with Gasteiger partial charge in [-0.3, -0.25) is 0 Å². The van der Waals surface area contributed by atoms with E-state index in [0.29, 0.717) is 5.92 Å². The minimum Gasteiger partial charge on any atom is -0.313 e. The van der Waals surface area contributed by atoms with E-state index in [0.717, 1.165) is 19.3 Å². The molecular weight excluding hydrogens is 723 g/mol. The zero-order valence-electron chi connectivity index (χ0n) is 35.9. The molecule has 60 heavy (non-hydrogen) atoms. The normalized spacial score (nSPS) is 20.5. The van der Waals surface area contributed by atoms with E-state index in [-0.39, 0.29) is 29.3 Å². The lowest BCUT2D eigenvalue weighted by molar-refractivity contribution is 0.291. The zero-order valence-corrected chi connectivity index (χ0v) is 35.9. The third kappa shape index (κ3) is 4.41. The van der Waals surface area contributed by atoms with Crippen LogP contribution in [0.4, 0.5) is 0 Å². The minimum absolute atomic E-state index is 0.00501. The molecule has 0 radical (unpaired) electrons. The molecule has 7 aromatic rings. The van der Waals surface area contributed by atoms with Crippen LogP contribution in [-0.4, -0.2) is 15.7 Å². The first kappa shape index (κ1) is 35.0. The second-order valence-electron chi connectivity index (χ2n) is 20.8. The van der Waals surface area contributed by atoms with Crippen molar-refractivity contribution >= 4 is 62.7 Å². The van der Waals surface area contributed by atoms with Crippen LogP contribution < -0.4 is 10.9 Å². The van der Waals surface area contributed by atoms with Crippen molar-refractivity contribution in [1.29, 1.82) is 0 Å². The standard InChI is InChI=1S/C57H51BN2/c1-32-17-16-24-39-47(32)54-48(34-20-12-9-13-21-34)43-27-35-22-14-15-23-38(35)50-53(43)60(54)55-49(39)40(33-18-10-8-11-19-33)31-46-51(55)58(50)44-30-37(57(5,6)7)29-42-41-28-36(56(2,3)4)25-26-45(41)59(46)52(42)44/h8-15,17-23,25-27,29-31,36,38,50H,16,24,28H2,1-7H3. The number of aryl methyl sites for hydroxylation is 1. The third-order valence-electron chi connectivity index (χ3n) is 15.5. The molecule has 2 aliphatic heterocycles. The van der Waals surface area contributed by atoms with E-state index in [9.17, 15) is 0 Å². The Labute approximate surface area is 354 Å². The lowest BCUT2D eigenvalue weighted by Gasteiger charge is -2.43. The SMILES string of the molecule is CC1=CCCc2c1c1c(-c3ccccc3)c3c4n1c1c5c(cc(-c6ccccc6)c21)-n1c2c(c6cc(C(C)(C)C)cc(c61)B5C4C1C=CC=CC1=C3)CC(C(C)(C)C)C=C2. The average Bonchev–Trinajstić information content (AvgIpc) is 3.76. The zero-order chi connectivity index (χ0) is 40.6. The smallest absolute Gasteiger partial charge is 0.227 e. The Morgan fingerprint density at radius 1 is 0.750 bits per heavy atom. The van der Waals surface area contributed by atoms with Crippen molar-refractivity contribution in [3.63, 3.8) is 0 Å². The quantitative estimate of drug-likeness (QED) is 0.155. The van der Waals surface area contributed by atoms with Crippen LogP contribution in [0.15, 0.2) is 121 Å². The van der Waals surface area contributed by atoms with Gasteiger partial charge >= 0.3 is 0 Å². The number of hydrogen-bond acceptors (Lipinski definition) is 0. The Morgan fingerprint density at radius 2 is 1.52 bits per heavy atom. The maximum atomic E-state index is 2.84. The van der Waals surface area contributed by atoms with Gasteiger partial charge in [0, 0.05) is 56.0 Å². The average molecular weight is 775 g/mol. The Morgan fingerprint density at radius 3 is 2.27 bits per heavy atom. The van der Waals surface area contributed by atoms with E-state index in [1.54, 1.807) is 0 Å². The van der Waals surface area contributed by atoms with Crippen molar-refractivity contribution < 1.29 is 0 Å². The fourth-order valence-electron chi connectivity index (χ4n) is 12.7. The van der Waals surface area contributed by atoms with Gasteiger partial charge in [-0.2, -0.15) is 0 Å². The number of allylic oxidation sites excluding steroid dienone is 8. The summed E-state index contributed by atoms with van der Waals surface area (Å²) in [4.78, 5) is 0. The summed E-state index contributed by atoms with van der Waals surface area (Å²) < 4.78 is 5.59. The molecule has 0 saturated heterocycles. The molecule has 0 N–H and O–H groups in total. The van der Waals surface area contributed by atoms with Gasteiger partial charge in [-0.15, -0.1) is 0 Å². The summed E-state index contributed by atoms with van der Waals surface area (Å²) in [6.45, 7) is 17.1. The summed E-state index contributed by atoms with van der Waals surface area (Å²) in [6, 6.07) is 30.6. The minimum atomic E-state index is -0.00501. The summed E-state index contributed by atoms with van der Waals surface area (Å²) in [5, 5.41) is 2.92. The van der Waals surface area contributed by atoms with E-state index >= 15 is 0 Å². The van der Waals surface area contributed by atoms with Crippen LogP contribution in [0.1, 0.15) is 99.9 Å². The predicted molar refractivity (Wildman–Crippen MR) is 256 cm³/mol. The molecule has 3 atom stereocenters. The first-order valence-electron chi connectivity index (χ1n) is 22.5. The fraction of sp³-hybridized carbons (Fsp3) is 0.263. The second-order valence-corrected chi connectivity index (χ2v) is 20.8. The largest absolute Gasteiger partial charge is 0.313 e. The molecular formula is C57H51BN2. The molecule has 0 bridgehead atoms. The van der Waals surface area contributed by atoms with Gasteiger partial charge in [0.1, 0.15) is 0 Å². The van der Waals surface area contributed by atoms with Crippen molar-refractivity contribution in [3.8, 4) is 27.9 Å². The summed E-state index contributed by atoms with van der Waals surface area (Å²) in [6.07, 6.45) is 22.8. The van der Waals surface area contributed by atoms with Crippen LogP contribution in [-0.2, 0) is 18.3 Å². The highest BCUT2D eigenvalue weighted by Gasteiger charge is 2.51. The Balaban J connectivity index is 1.30. The number of rotatable bonds is 2. The van der Waals surface area contributed by atoms with Crippen LogP contribution in [0.25, 0.3) is 73.0 Å². The number of hydrogen-bond donors (Lipinski definition) is 0. The predicted octanol–water partition coefficient (Wildman–Crippen LogP) is 12.9. The molecule has 13 rings (SSSR count). The monoisotopic (exact) mass is 774 g/mol. The molecule has 3 unspecified atom stereocenters. The maximum Gasteiger partial charge on any atom is 0.227 e. The van der Waals surface area contributed by atoms with Crippen LogP contribution in [0.5, 0.6) is 0 Å². The van der Waals surface area contributed by atoms with Crippen LogP contribution in [0.2, 0.25) is 0 Å². The maximum absolute atomic E-state index is 2.84. The van der Waals surface area contributed by atoms with Gasteiger partial charge in [-0.25, -0.2) is 0 Å². The third-order valence-corrected chi connectivity index (χ3v) is 15.5. The van der Waals surface area contributed by atoms with Crippen molar-refractivity contribution in [1.82, 2.24) is 8.97 Å². The number of nitrogens with zero attached hydrogens (tertiary/aromatic N) is 2.